The molecule has 5 rings (SSSR count). The van der Waals surface area contributed by atoms with Crippen LogP contribution in [0.4, 0.5) is 10.1 Å². The molecule has 0 bridgehead atoms. The lowest BCUT2D eigenvalue weighted by molar-refractivity contribution is 0.102. The summed E-state index contributed by atoms with van der Waals surface area (Å²) in [6.45, 7) is 7.50. The minimum atomic E-state index is -0.818. The number of hydrogen-bond acceptors (Lipinski definition) is 7. The molecule has 11 heteroatoms. The van der Waals surface area contributed by atoms with E-state index in [9.17, 15) is 18.8 Å². The highest BCUT2D eigenvalue weighted by Gasteiger charge is 2.21. The van der Waals surface area contributed by atoms with Gasteiger partial charge in [-0.3, -0.25) is 19.1 Å². The smallest absolute Gasteiger partial charge is 0.335 e. The lowest BCUT2D eigenvalue weighted by Gasteiger charge is -2.18. The summed E-state index contributed by atoms with van der Waals surface area (Å²) in [5.74, 6) is 0.982. The molecule has 0 saturated carbocycles. The van der Waals surface area contributed by atoms with Crippen molar-refractivity contribution < 1.29 is 23.4 Å². The van der Waals surface area contributed by atoms with Gasteiger partial charge in [-0.05, 0) is 79.9 Å². The molecule has 3 aromatic carbocycles. The van der Waals surface area contributed by atoms with E-state index in [1.54, 1.807) is 70.7 Å². The maximum atomic E-state index is 13.6. The van der Waals surface area contributed by atoms with Gasteiger partial charge in [-0.25, -0.2) is 13.8 Å². The molecule has 0 aliphatic carbocycles. The lowest BCUT2D eigenvalue weighted by Crippen LogP contribution is -2.42. The van der Waals surface area contributed by atoms with E-state index in [4.69, 9.17) is 14.2 Å². The van der Waals surface area contributed by atoms with E-state index in [2.05, 4.69) is 10.3 Å². The van der Waals surface area contributed by atoms with Gasteiger partial charge in [0.2, 0.25) is 0 Å². The molecular formula is C34H33FN4O6. The van der Waals surface area contributed by atoms with Crippen molar-refractivity contribution in [3.63, 3.8) is 0 Å². The lowest BCUT2D eigenvalue weighted by atomic mass is 10.0. The molecule has 0 saturated heterocycles. The van der Waals surface area contributed by atoms with Crippen LogP contribution in [-0.2, 0) is 0 Å². The van der Waals surface area contributed by atoms with Crippen LogP contribution in [0.5, 0.6) is 23.0 Å². The second-order valence-electron chi connectivity index (χ2n) is 10.9. The molecule has 1 N–H and O–H groups in total. The zero-order chi connectivity index (χ0) is 32.4. The highest BCUT2D eigenvalue weighted by molar-refractivity contribution is 6.04. The average Bonchev–Trinajstić information content (AvgIpc) is 3.01. The van der Waals surface area contributed by atoms with E-state index in [0.29, 0.717) is 34.2 Å². The Balaban J connectivity index is 1.50. The number of benzene rings is 3. The number of fused-ring (bicyclic) bond motifs is 1. The monoisotopic (exact) mass is 612 g/mol. The number of carbonyl (C=O) groups is 1. The van der Waals surface area contributed by atoms with Crippen LogP contribution in [0.25, 0.3) is 16.6 Å². The maximum absolute atomic E-state index is 13.6. The van der Waals surface area contributed by atoms with Crippen molar-refractivity contribution >= 4 is 22.5 Å². The Bertz CT molecular complexity index is 2020. The van der Waals surface area contributed by atoms with Gasteiger partial charge < -0.3 is 19.5 Å². The molecule has 232 valence electrons. The highest BCUT2D eigenvalue weighted by atomic mass is 19.1. The van der Waals surface area contributed by atoms with E-state index in [0.717, 1.165) is 27.6 Å². The van der Waals surface area contributed by atoms with Crippen molar-refractivity contribution in [2.75, 3.05) is 19.5 Å². The second-order valence-corrected chi connectivity index (χ2v) is 10.9. The Kier molecular flexibility index (Phi) is 8.71. The topological polar surface area (TPSA) is 114 Å². The molecule has 45 heavy (non-hydrogen) atoms. The molecule has 0 atom stereocenters. The molecule has 1 amide bonds. The molecule has 0 fully saturated rings. The zero-order valence-electron chi connectivity index (χ0n) is 25.8. The van der Waals surface area contributed by atoms with Crippen LogP contribution in [0.1, 0.15) is 55.6 Å². The first-order valence-corrected chi connectivity index (χ1v) is 14.3. The van der Waals surface area contributed by atoms with Gasteiger partial charge in [-0.15, -0.1) is 0 Å². The van der Waals surface area contributed by atoms with Crippen molar-refractivity contribution in [1.29, 1.82) is 0 Å². The quantitative estimate of drug-likeness (QED) is 0.203. The minimum absolute atomic E-state index is 0.00173. The molecule has 0 aliphatic heterocycles. The van der Waals surface area contributed by atoms with Gasteiger partial charge in [-0.2, -0.15) is 0 Å². The van der Waals surface area contributed by atoms with Gasteiger partial charge in [0.1, 0.15) is 22.9 Å². The molecule has 2 heterocycles. The Morgan fingerprint density at radius 3 is 2.20 bits per heavy atom. The Morgan fingerprint density at radius 2 is 1.56 bits per heavy atom. The largest absolute Gasteiger partial charge is 0.493 e. The summed E-state index contributed by atoms with van der Waals surface area (Å²) in [6.07, 6.45) is 2.89. The number of halogens is 1. The number of nitrogens with zero attached hydrogens (tertiary/aromatic N) is 3. The summed E-state index contributed by atoms with van der Waals surface area (Å²) in [4.78, 5) is 44.6. The third-order valence-electron chi connectivity index (χ3n) is 7.32. The van der Waals surface area contributed by atoms with Crippen molar-refractivity contribution in [2.24, 2.45) is 0 Å². The predicted molar refractivity (Wildman–Crippen MR) is 170 cm³/mol. The third-order valence-corrected chi connectivity index (χ3v) is 7.32. The van der Waals surface area contributed by atoms with Gasteiger partial charge in [0, 0.05) is 35.6 Å². The summed E-state index contributed by atoms with van der Waals surface area (Å²) in [7, 11) is 3.11. The number of amides is 1. The summed E-state index contributed by atoms with van der Waals surface area (Å²) in [5.41, 5.74) is 0.342. The molecule has 10 nitrogen and oxygen atoms in total. The van der Waals surface area contributed by atoms with Gasteiger partial charge in [0.15, 0.2) is 11.5 Å². The van der Waals surface area contributed by atoms with E-state index >= 15 is 0 Å². The normalized spacial score (nSPS) is 11.2. The molecule has 0 spiro atoms. The van der Waals surface area contributed by atoms with Crippen LogP contribution >= 0.6 is 0 Å². The van der Waals surface area contributed by atoms with Crippen molar-refractivity contribution in [3.05, 3.63) is 111 Å². The van der Waals surface area contributed by atoms with Crippen LogP contribution in [0.2, 0.25) is 0 Å². The fourth-order valence-corrected chi connectivity index (χ4v) is 4.94. The molecule has 0 aliphatic rings. The SMILES string of the molecule is COc1cc2nccc(Oc3ccc(NC(=O)c4cn(C(C)C)c(=O)n(-c5ccc(F)cc5)c4=O)cc3C(C)C)c2cc1OC. The Labute approximate surface area is 258 Å². The second kappa shape index (κ2) is 12.7. The molecule has 0 unspecified atom stereocenters. The van der Waals surface area contributed by atoms with Crippen molar-refractivity contribution in [2.45, 2.75) is 39.7 Å². The minimum Gasteiger partial charge on any atom is -0.493 e. The highest BCUT2D eigenvalue weighted by Crippen LogP contribution is 2.39. The number of nitrogens with one attached hydrogen (secondary N) is 1. The van der Waals surface area contributed by atoms with Crippen LogP contribution in [0.3, 0.4) is 0 Å². The van der Waals surface area contributed by atoms with Crippen molar-refractivity contribution in [3.8, 4) is 28.7 Å². The average molecular weight is 613 g/mol. The van der Waals surface area contributed by atoms with Crippen molar-refractivity contribution in [1.82, 2.24) is 14.1 Å². The molecule has 5 aromatic rings. The number of carbonyl (C=O) groups excluding carboxylic acids is 1. The summed E-state index contributed by atoms with van der Waals surface area (Å²) >= 11 is 0. The van der Waals surface area contributed by atoms with Crippen LogP contribution in [0.15, 0.2) is 82.6 Å². The van der Waals surface area contributed by atoms with Crippen LogP contribution < -0.4 is 30.8 Å². The fraction of sp³-hybridized carbons (Fsp3) is 0.235. The number of methoxy groups -OCH3 is 2. The maximum Gasteiger partial charge on any atom is 0.335 e. The Hall–Kier alpha value is -5.45. The summed E-state index contributed by atoms with van der Waals surface area (Å²) in [5, 5.41) is 3.51. The van der Waals surface area contributed by atoms with Gasteiger partial charge in [0.05, 0.1) is 25.4 Å². The predicted octanol–water partition coefficient (Wildman–Crippen LogP) is 6.45. The number of ether oxygens (including phenoxy) is 3. The molecule has 0 radical (unpaired) electrons. The zero-order valence-corrected chi connectivity index (χ0v) is 25.8. The summed E-state index contributed by atoms with van der Waals surface area (Å²) < 4.78 is 33.0. The summed E-state index contributed by atoms with van der Waals surface area (Å²) in [6, 6.07) is 15.1. The number of aromatic nitrogens is 3. The van der Waals surface area contributed by atoms with Gasteiger partial charge >= 0.3 is 5.69 Å². The first kappa shape index (κ1) is 31.0. The number of pyridine rings is 1. The van der Waals surface area contributed by atoms with E-state index in [-0.39, 0.29) is 23.2 Å². The first-order valence-electron chi connectivity index (χ1n) is 14.3. The standard InChI is InChI=1S/C34H33FN4O6/c1-19(2)24-15-22(9-12-28(24)45-29-13-14-36-27-17-31(44-6)30(43-5)16-25(27)29)37-32(40)26-18-38(20(3)4)34(42)39(33(26)41)23-10-7-21(35)8-11-23/h7-20H,1-6H3,(H,37,40). The number of rotatable bonds is 9. The molecular weight excluding hydrogens is 579 g/mol. The fourth-order valence-electron chi connectivity index (χ4n) is 4.94. The van der Waals surface area contributed by atoms with E-state index in [1.165, 1.54) is 22.9 Å². The Morgan fingerprint density at radius 1 is 0.867 bits per heavy atom. The molecule has 2 aromatic heterocycles. The third kappa shape index (κ3) is 6.14. The van der Waals surface area contributed by atoms with E-state index < -0.39 is 23.0 Å². The van der Waals surface area contributed by atoms with Gasteiger partial charge in [-0.1, -0.05) is 13.8 Å². The van der Waals surface area contributed by atoms with Crippen LogP contribution in [0, 0.1) is 5.82 Å². The number of hydrogen-bond donors (Lipinski definition) is 1. The number of anilines is 1. The van der Waals surface area contributed by atoms with E-state index in [1.807, 2.05) is 13.8 Å². The van der Waals surface area contributed by atoms with Gasteiger partial charge in [0.25, 0.3) is 11.5 Å². The first-order chi connectivity index (χ1) is 21.5. The van der Waals surface area contributed by atoms with Crippen LogP contribution in [-0.4, -0.2) is 34.2 Å².